The molecule has 0 aliphatic heterocycles. The number of aromatic nitrogens is 2. The number of para-hydroxylation sites is 3. The Kier molecular flexibility index (Phi) is 7.75. The van der Waals surface area contributed by atoms with E-state index in [0.29, 0.717) is 5.56 Å². The van der Waals surface area contributed by atoms with Gasteiger partial charge in [0.25, 0.3) is 0 Å². The van der Waals surface area contributed by atoms with Crippen LogP contribution in [-0.4, -0.2) is 20.9 Å². The summed E-state index contributed by atoms with van der Waals surface area (Å²) < 4.78 is 2.23. The third kappa shape index (κ3) is 5.79. The molecule has 6 aromatic carbocycles. The van der Waals surface area contributed by atoms with Crippen molar-refractivity contribution in [3.8, 4) is 34.0 Å². The standard InChI is InChI=1S/C44H41N3O/c1-43(2,3)33-26-32(41(48)37(27-33)44(4,5)6)28-45-38-21-13-12-19-36(38)42-46-40-35(31-24-23-29-15-10-11-16-30(29)25-31)20-14-22-39(40)47(42)34-17-8-7-9-18-34/h7-28,48H,1-6H3. The van der Waals surface area contributed by atoms with E-state index in [1.807, 2.05) is 24.3 Å². The molecule has 4 heteroatoms. The second kappa shape index (κ2) is 12.0. The Morgan fingerprint density at radius 1 is 0.646 bits per heavy atom. The molecule has 0 spiro atoms. The van der Waals surface area contributed by atoms with Gasteiger partial charge in [-0.1, -0.05) is 126 Å². The molecule has 0 saturated carbocycles. The van der Waals surface area contributed by atoms with Gasteiger partial charge in [0.2, 0.25) is 0 Å². The van der Waals surface area contributed by atoms with Crippen molar-refractivity contribution in [1.29, 1.82) is 0 Å². The first kappa shape index (κ1) is 31.1. The predicted molar refractivity (Wildman–Crippen MR) is 202 cm³/mol. The van der Waals surface area contributed by atoms with E-state index in [9.17, 15) is 5.11 Å². The third-order valence-corrected chi connectivity index (χ3v) is 9.06. The summed E-state index contributed by atoms with van der Waals surface area (Å²) in [5, 5.41) is 13.9. The number of fused-ring (bicyclic) bond motifs is 2. The lowest BCUT2D eigenvalue weighted by molar-refractivity contribution is 0.444. The number of hydrogen-bond acceptors (Lipinski definition) is 3. The summed E-state index contributed by atoms with van der Waals surface area (Å²) in [6, 6.07) is 44.1. The molecule has 0 atom stereocenters. The minimum absolute atomic E-state index is 0.0858. The van der Waals surface area contributed by atoms with Crippen molar-refractivity contribution in [1.82, 2.24) is 9.55 Å². The van der Waals surface area contributed by atoms with Gasteiger partial charge in [0.05, 0.1) is 16.7 Å². The van der Waals surface area contributed by atoms with Crippen LogP contribution in [0, 0.1) is 0 Å². The number of benzene rings is 6. The maximum Gasteiger partial charge on any atom is 0.147 e. The molecule has 1 heterocycles. The van der Waals surface area contributed by atoms with Crippen LogP contribution >= 0.6 is 0 Å². The molecule has 0 aliphatic carbocycles. The van der Waals surface area contributed by atoms with Gasteiger partial charge in [0.1, 0.15) is 11.6 Å². The zero-order valence-electron chi connectivity index (χ0n) is 28.5. The van der Waals surface area contributed by atoms with Gasteiger partial charge in [-0.3, -0.25) is 9.56 Å². The summed E-state index contributed by atoms with van der Waals surface area (Å²) in [5.74, 6) is 1.08. The van der Waals surface area contributed by atoms with Crippen LogP contribution in [0.1, 0.15) is 58.2 Å². The van der Waals surface area contributed by atoms with Crippen LogP contribution in [0.5, 0.6) is 5.75 Å². The maximum atomic E-state index is 11.5. The van der Waals surface area contributed by atoms with E-state index in [1.165, 1.54) is 10.8 Å². The van der Waals surface area contributed by atoms with Crippen LogP contribution in [-0.2, 0) is 10.8 Å². The van der Waals surface area contributed by atoms with E-state index in [1.54, 1.807) is 6.21 Å². The molecule has 7 aromatic rings. The molecule has 7 rings (SSSR count). The Morgan fingerprint density at radius 2 is 1.33 bits per heavy atom. The number of phenols is 1. The van der Waals surface area contributed by atoms with E-state index >= 15 is 0 Å². The van der Waals surface area contributed by atoms with Gasteiger partial charge in [-0.2, -0.15) is 0 Å². The summed E-state index contributed by atoms with van der Waals surface area (Å²) in [5.41, 5.74) is 9.31. The molecule has 4 nitrogen and oxygen atoms in total. The van der Waals surface area contributed by atoms with Crippen LogP contribution in [0.2, 0.25) is 0 Å². The number of rotatable bonds is 5. The van der Waals surface area contributed by atoms with Gasteiger partial charge >= 0.3 is 0 Å². The molecule has 0 bridgehead atoms. The molecule has 238 valence electrons. The molecule has 1 aromatic heterocycles. The number of aliphatic imine (C=N–C) groups is 1. The summed E-state index contributed by atoms with van der Waals surface area (Å²) in [7, 11) is 0. The fraction of sp³-hybridized carbons (Fsp3) is 0.182. The van der Waals surface area contributed by atoms with Crippen LogP contribution in [0.25, 0.3) is 50.0 Å². The van der Waals surface area contributed by atoms with Crippen molar-refractivity contribution in [2.45, 2.75) is 52.4 Å². The third-order valence-electron chi connectivity index (χ3n) is 9.06. The van der Waals surface area contributed by atoms with E-state index in [0.717, 1.165) is 56.0 Å². The maximum absolute atomic E-state index is 11.5. The molecule has 0 radical (unpaired) electrons. The van der Waals surface area contributed by atoms with Gasteiger partial charge < -0.3 is 5.11 Å². The summed E-state index contributed by atoms with van der Waals surface area (Å²) >= 11 is 0. The zero-order valence-corrected chi connectivity index (χ0v) is 28.5. The first-order valence-electron chi connectivity index (χ1n) is 16.6. The van der Waals surface area contributed by atoms with E-state index in [-0.39, 0.29) is 16.6 Å². The average Bonchev–Trinajstić information content (AvgIpc) is 3.47. The normalized spacial score (nSPS) is 12.4. The lowest BCUT2D eigenvalue weighted by Gasteiger charge is -2.27. The Bertz CT molecular complexity index is 2320. The largest absolute Gasteiger partial charge is 0.507 e. The Labute approximate surface area is 283 Å². The highest BCUT2D eigenvalue weighted by atomic mass is 16.3. The first-order chi connectivity index (χ1) is 23.0. The highest BCUT2D eigenvalue weighted by molar-refractivity contribution is 5.99. The van der Waals surface area contributed by atoms with E-state index < -0.39 is 0 Å². The molecular weight excluding hydrogens is 587 g/mol. The smallest absolute Gasteiger partial charge is 0.147 e. The molecule has 48 heavy (non-hydrogen) atoms. The van der Waals surface area contributed by atoms with Crippen LogP contribution in [0.15, 0.2) is 132 Å². The van der Waals surface area contributed by atoms with Crippen molar-refractivity contribution in [3.63, 3.8) is 0 Å². The molecule has 0 amide bonds. The monoisotopic (exact) mass is 627 g/mol. The van der Waals surface area contributed by atoms with Crippen molar-refractivity contribution in [3.05, 3.63) is 144 Å². The summed E-state index contributed by atoms with van der Waals surface area (Å²) in [4.78, 5) is 10.4. The number of aromatic hydroxyl groups is 1. The minimum Gasteiger partial charge on any atom is -0.507 e. The van der Waals surface area contributed by atoms with Gasteiger partial charge in [-0.25, -0.2) is 4.98 Å². The van der Waals surface area contributed by atoms with Gasteiger partial charge in [-0.15, -0.1) is 0 Å². The number of phenolic OH excluding ortho intramolecular Hbond substituents is 1. The number of hydrogen-bond donors (Lipinski definition) is 1. The molecule has 0 fully saturated rings. The van der Waals surface area contributed by atoms with Gasteiger partial charge in [0, 0.05) is 34.2 Å². The highest BCUT2D eigenvalue weighted by Gasteiger charge is 2.25. The van der Waals surface area contributed by atoms with Crippen LogP contribution < -0.4 is 0 Å². The molecule has 0 unspecified atom stereocenters. The Balaban J connectivity index is 1.42. The first-order valence-corrected chi connectivity index (χ1v) is 16.6. The quantitative estimate of drug-likeness (QED) is 0.193. The number of imidazole rings is 1. The molecule has 1 N–H and O–H groups in total. The fourth-order valence-corrected chi connectivity index (χ4v) is 6.38. The average molecular weight is 628 g/mol. The SMILES string of the molecule is CC(C)(C)c1cc(C=Nc2ccccc2-c2nc3c(-c4ccc5ccccc5c4)cccc3n2-c2ccccc2)c(O)c(C(C)(C)C)c1. The highest BCUT2D eigenvalue weighted by Crippen LogP contribution is 2.40. The van der Waals surface area contributed by atoms with Crippen LogP contribution in [0.3, 0.4) is 0 Å². The van der Waals surface area contributed by atoms with E-state index in [2.05, 4.69) is 149 Å². The number of nitrogens with zero attached hydrogens (tertiary/aromatic N) is 3. The van der Waals surface area contributed by atoms with E-state index in [4.69, 9.17) is 9.98 Å². The van der Waals surface area contributed by atoms with Gasteiger partial charge in [-0.05, 0) is 75.2 Å². The second-order valence-corrected chi connectivity index (χ2v) is 14.6. The Morgan fingerprint density at radius 3 is 2.08 bits per heavy atom. The van der Waals surface area contributed by atoms with Crippen molar-refractivity contribution in [2.75, 3.05) is 0 Å². The van der Waals surface area contributed by atoms with Crippen molar-refractivity contribution >= 4 is 33.7 Å². The minimum atomic E-state index is -0.227. The van der Waals surface area contributed by atoms with Crippen LogP contribution in [0.4, 0.5) is 5.69 Å². The van der Waals surface area contributed by atoms with Gasteiger partial charge in [0.15, 0.2) is 0 Å². The van der Waals surface area contributed by atoms with Crippen molar-refractivity contribution < 1.29 is 5.11 Å². The second-order valence-electron chi connectivity index (χ2n) is 14.6. The molecular formula is C44H41N3O. The molecule has 0 saturated heterocycles. The zero-order chi connectivity index (χ0) is 33.6. The topological polar surface area (TPSA) is 50.4 Å². The lowest BCUT2D eigenvalue weighted by atomic mass is 9.79. The summed E-state index contributed by atoms with van der Waals surface area (Å²) in [6.07, 6.45) is 1.80. The predicted octanol–water partition coefficient (Wildman–Crippen LogP) is 11.6. The summed E-state index contributed by atoms with van der Waals surface area (Å²) in [6.45, 7) is 13.0. The van der Waals surface area contributed by atoms with Crippen molar-refractivity contribution in [2.24, 2.45) is 4.99 Å². The Hall–Kier alpha value is -5.48. The fourth-order valence-electron chi connectivity index (χ4n) is 6.38. The molecule has 0 aliphatic rings. The lowest BCUT2D eigenvalue weighted by Crippen LogP contribution is -2.17.